The van der Waals surface area contributed by atoms with Crippen LogP contribution in [0.1, 0.15) is 43.6 Å². The lowest BCUT2D eigenvalue weighted by molar-refractivity contribution is -0.115. The van der Waals surface area contributed by atoms with Crippen LogP contribution in [0.15, 0.2) is 34.2 Å². The Balaban J connectivity index is 1.54. The molecule has 3 aromatic rings. The quantitative estimate of drug-likeness (QED) is 0.700. The van der Waals surface area contributed by atoms with Gasteiger partial charge >= 0.3 is 0 Å². The van der Waals surface area contributed by atoms with Gasteiger partial charge in [-0.15, -0.1) is 11.3 Å². The van der Waals surface area contributed by atoms with Crippen molar-refractivity contribution in [2.75, 3.05) is 4.90 Å². The predicted molar refractivity (Wildman–Crippen MR) is 104 cm³/mol. The van der Waals surface area contributed by atoms with Gasteiger partial charge in [-0.25, -0.2) is 9.37 Å². The average molecular weight is 399 g/mol. The van der Waals surface area contributed by atoms with E-state index in [1.807, 2.05) is 0 Å². The molecule has 0 bridgehead atoms. The number of rotatable bonds is 5. The number of amides is 1. The Hall–Kier alpha value is -2.91. The third-order valence-corrected chi connectivity index (χ3v) is 5.48. The Labute approximate surface area is 164 Å². The number of para-hydroxylation sites is 1. The van der Waals surface area contributed by atoms with Crippen LogP contribution in [0, 0.1) is 5.82 Å². The lowest BCUT2D eigenvalue weighted by atomic mass is 9.77. The van der Waals surface area contributed by atoms with Gasteiger partial charge < -0.3 is 10.3 Å². The van der Waals surface area contributed by atoms with Gasteiger partial charge in [-0.2, -0.15) is 4.98 Å². The van der Waals surface area contributed by atoms with Gasteiger partial charge in [-0.3, -0.25) is 9.69 Å². The Bertz CT molecular complexity index is 1040. The summed E-state index contributed by atoms with van der Waals surface area (Å²) in [4.78, 5) is 22.0. The van der Waals surface area contributed by atoms with Crippen molar-refractivity contribution in [3.8, 4) is 0 Å². The topological polar surface area (TPSA) is 98.1 Å². The number of hydrogen-bond acceptors (Lipinski definition) is 7. The van der Waals surface area contributed by atoms with Crippen molar-refractivity contribution in [3.63, 3.8) is 0 Å². The number of nitrogens with zero attached hydrogens (tertiary/aromatic N) is 4. The molecular formula is C19H18FN5O2S. The molecule has 1 saturated carbocycles. The van der Waals surface area contributed by atoms with E-state index in [-0.39, 0.29) is 11.6 Å². The molecule has 1 aliphatic carbocycles. The van der Waals surface area contributed by atoms with Gasteiger partial charge in [0.05, 0.1) is 16.9 Å². The first-order chi connectivity index (χ1) is 13.5. The molecule has 144 valence electrons. The van der Waals surface area contributed by atoms with Crippen molar-refractivity contribution in [3.05, 3.63) is 52.9 Å². The highest BCUT2D eigenvalue weighted by Gasteiger charge is 2.38. The van der Waals surface area contributed by atoms with E-state index in [2.05, 4.69) is 15.1 Å². The van der Waals surface area contributed by atoms with Crippen LogP contribution < -0.4 is 10.6 Å². The van der Waals surface area contributed by atoms with Crippen molar-refractivity contribution >= 4 is 40.2 Å². The smallest absolute Gasteiger partial charge is 0.250 e. The highest BCUT2D eigenvalue weighted by Crippen LogP contribution is 2.37. The molecule has 1 fully saturated rings. The molecule has 0 atom stereocenters. The number of halogens is 1. The summed E-state index contributed by atoms with van der Waals surface area (Å²) in [6, 6.07) is 6.08. The van der Waals surface area contributed by atoms with E-state index in [4.69, 9.17) is 10.3 Å². The maximum Gasteiger partial charge on any atom is 0.250 e. The van der Waals surface area contributed by atoms with Crippen LogP contribution in [0.25, 0.3) is 12.2 Å². The van der Waals surface area contributed by atoms with Crippen LogP contribution in [0.3, 0.4) is 0 Å². The second kappa shape index (κ2) is 7.25. The normalized spacial score (nSPS) is 15.5. The van der Waals surface area contributed by atoms with E-state index in [9.17, 15) is 9.18 Å². The molecule has 0 aliphatic heterocycles. The van der Waals surface area contributed by atoms with Crippen molar-refractivity contribution < 1.29 is 13.7 Å². The largest absolute Gasteiger partial charge is 0.335 e. The third kappa shape index (κ3) is 3.46. The van der Waals surface area contributed by atoms with Gasteiger partial charge in [-0.05, 0) is 37.5 Å². The Kier molecular flexibility index (Phi) is 4.78. The maximum atomic E-state index is 14.1. The van der Waals surface area contributed by atoms with E-state index < -0.39 is 11.4 Å². The van der Waals surface area contributed by atoms with Crippen molar-refractivity contribution in [2.45, 2.75) is 31.7 Å². The first-order valence-corrected chi connectivity index (χ1v) is 9.66. The van der Waals surface area contributed by atoms with Gasteiger partial charge in [0.25, 0.3) is 5.89 Å². The van der Waals surface area contributed by atoms with E-state index in [0.717, 1.165) is 19.3 Å². The summed E-state index contributed by atoms with van der Waals surface area (Å²) in [5.41, 5.74) is 6.46. The third-order valence-electron chi connectivity index (χ3n) is 4.64. The van der Waals surface area contributed by atoms with Crippen LogP contribution in [-0.4, -0.2) is 21.0 Å². The molecule has 0 spiro atoms. The molecule has 2 heterocycles. The SMILES string of the molecule is CC(=O)N(c1nc(/C=C/c2nc(C3(N)CCC3)no2)cs1)c1ccccc1F. The van der Waals surface area contributed by atoms with E-state index >= 15 is 0 Å². The summed E-state index contributed by atoms with van der Waals surface area (Å²) < 4.78 is 19.3. The van der Waals surface area contributed by atoms with Crippen molar-refractivity contribution in [1.29, 1.82) is 0 Å². The van der Waals surface area contributed by atoms with Gasteiger partial charge in [0, 0.05) is 18.4 Å². The lowest BCUT2D eigenvalue weighted by Gasteiger charge is -2.34. The number of carbonyl (C=O) groups is 1. The minimum Gasteiger partial charge on any atom is -0.335 e. The Morgan fingerprint density at radius 3 is 2.79 bits per heavy atom. The molecule has 2 N–H and O–H groups in total. The van der Waals surface area contributed by atoms with Crippen LogP contribution in [0.2, 0.25) is 0 Å². The number of anilines is 2. The molecule has 28 heavy (non-hydrogen) atoms. The highest BCUT2D eigenvalue weighted by atomic mass is 32.1. The zero-order valence-electron chi connectivity index (χ0n) is 15.1. The molecule has 7 nitrogen and oxygen atoms in total. The zero-order chi connectivity index (χ0) is 19.7. The van der Waals surface area contributed by atoms with Gasteiger partial charge in [0.2, 0.25) is 5.91 Å². The first-order valence-electron chi connectivity index (χ1n) is 8.78. The number of carbonyl (C=O) groups excluding carboxylic acids is 1. The molecule has 0 radical (unpaired) electrons. The first kappa shape index (κ1) is 18.5. The van der Waals surface area contributed by atoms with Crippen LogP contribution in [-0.2, 0) is 10.3 Å². The number of aromatic nitrogens is 3. The molecule has 9 heteroatoms. The molecule has 4 rings (SSSR count). The van der Waals surface area contributed by atoms with Crippen LogP contribution in [0.5, 0.6) is 0 Å². The predicted octanol–water partition coefficient (Wildman–Crippen LogP) is 3.86. The Morgan fingerprint density at radius 2 is 2.11 bits per heavy atom. The molecule has 2 aromatic heterocycles. The second-order valence-electron chi connectivity index (χ2n) is 6.66. The molecular weight excluding hydrogens is 381 g/mol. The summed E-state index contributed by atoms with van der Waals surface area (Å²) in [6.45, 7) is 1.37. The monoisotopic (exact) mass is 399 g/mol. The van der Waals surface area contributed by atoms with E-state index in [0.29, 0.717) is 22.5 Å². The summed E-state index contributed by atoms with van der Waals surface area (Å²) in [5, 5.41) is 6.09. The van der Waals surface area contributed by atoms with Gasteiger partial charge in [0.15, 0.2) is 11.0 Å². The summed E-state index contributed by atoms with van der Waals surface area (Å²) >= 11 is 1.24. The van der Waals surface area contributed by atoms with Crippen LogP contribution in [0.4, 0.5) is 15.2 Å². The van der Waals surface area contributed by atoms with Crippen molar-refractivity contribution in [1.82, 2.24) is 15.1 Å². The lowest BCUT2D eigenvalue weighted by Crippen LogP contribution is -2.44. The Morgan fingerprint density at radius 1 is 1.32 bits per heavy atom. The molecule has 1 aromatic carbocycles. The van der Waals surface area contributed by atoms with E-state index in [1.54, 1.807) is 29.7 Å². The fourth-order valence-corrected chi connectivity index (χ4v) is 3.79. The molecule has 0 unspecified atom stereocenters. The summed E-state index contributed by atoms with van der Waals surface area (Å²) in [5.74, 6) is 0.0267. The van der Waals surface area contributed by atoms with E-state index in [1.165, 1.54) is 35.3 Å². The standard InChI is InChI=1S/C19H18FN5O2S/c1-12(26)25(15-6-3-2-5-14(15)20)18-22-13(11-28-18)7-8-16-23-17(24-27-16)19(21)9-4-10-19/h2-3,5-8,11H,4,9-10,21H2,1H3/b8-7+. The number of benzene rings is 1. The maximum absolute atomic E-state index is 14.1. The number of hydrogen-bond donors (Lipinski definition) is 1. The van der Waals surface area contributed by atoms with Gasteiger partial charge in [0.1, 0.15) is 5.82 Å². The minimum atomic E-state index is -0.491. The number of nitrogens with two attached hydrogens (primary N) is 1. The minimum absolute atomic E-state index is 0.162. The van der Waals surface area contributed by atoms with Crippen LogP contribution >= 0.6 is 11.3 Å². The summed E-state index contributed by atoms with van der Waals surface area (Å²) in [7, 11) is 0. The molecule has 1 aliphatic rings. The summed E-state index contributed by atoms with van der Waals surface area (Å²) in [6.07, 6.45) is 6.09. The fourth-order valence-electron chi connectivity index (χ4n) is 2.94. The molecule has 1 amide bonds. The average Bonchev–Trinajstić information content (AvgIpc) is 3.29. The highest BCUT2D eigenvalue weighted by molar-refractivity contribution is 7.14. The number of thiazole rings is 1. The second-order valence-corrected chi connectivity index (χ2v) is 7.50. The fraction of sp³-hybridized carbons (Fsp3) is 0.263. The molecule has 0 saturated heterocycles. The van der Waals surface area contributed by atoms with Crippen molar-refractivity contribution in [2.24, 2.45) is 5.73 Å². The zero-order valence-corrected chi connectivity index (χ0v) is 15.9. The van der Waals surface area contributed by atoms with Gasteiger partial charge in [-0.1, -0.05) is 17.3 Å².